The van der Waals surface area contributed by atoms with Gasteiger partial charge in [-0.15, -0.1) is 0 Å². The highest BCUT2D eigenvalue weighted by Crippen LogP contribution is 2.19. The molecule has 4 heteroatoms. The number of ether oxygens (including phenoxy) is 1. The second kappa shape index (κ2) is 7.10. The summed E-state index contributed by atoms with van der Waals surface area (Å²) in [4.78, 5) is 0. The normalized spacial score (nSPS) is 9.81. The molecule has 1 aromatic rings. The monoisotopic (exact) mass is 238 g/mol. The fourth-order valence-corrected chi connectivity index (χ4v) is 1.49. The van der Waals surface area contributed by atoms with Gasteiger partial charge in [0.25, 0.3) is 0 Å². The Morgan fingerprint density at radius 2 is 2.31 bits per heavy atom. The molecule has 0 atom stereocenters. The molecule has 0 radical (unpaired) electrons. The summed E-state index contributed by atoms with van der Waals surface area (Å²) in [5.74, 6) is 0. The summed E-state index contributed by atoms with van der Waals surface area (Å²) in [6, 6.07) is 7.36. The van der Waals surface area contributed by atoms with Gasteiger partial charge in [-0.1, -0.05) is 11.6 Å². The number of rotatable bonds is 6. The van der Waals surface area contributed by atoms with Crippen LogP contribution in [0.4, 0.5) is 5.69 Å². The van der Waals surface area contributed by atoms with E-state index in [9.17, 15) is 0 Å². The Bertz CT molecular complexity index is 374. The molecule has 1 N–H and O–H groups in total. The van der Waals surface area contributed by atoms with Crippen molar-refractivity contribution < 1.29 is 4.74 Å². The zero-order valence-corrected chi connectivity index (χ0v) is 10.0. The third kappa shape index (κ3) is 4.09. The van der Waals surface area contributed by atoms with Crippen molar-refractivity contribution in [2.75, 3.05) is 25.1 Å². The highest BCUT2D eigenvalue weighted by atomic mass is 35.5. The quantitative estimate of drug-likeness (QED) is 0.775. The van der Waals surface area contributed by atoms with Gasteiger partial charge in [0.05, 0.1) is 10.6 Å². The smallest absolute Gasteiger partial charge is 0.101 e. The van der Waals surface area contributed by atoms with E-state index in [2.05, 4.69) is 5.32 Å². The minimum absolute atomic E-state index is 0.484. The lowest BCUT2D eigenvalue weighted by Gasteiger charge is -2.07. The molecule has 0 spiro atoms. The first-order chi connectivity index (χ1) is 7.77. The molecule has 0 saturated carbocycles. The van der Waals surface area contributed by atoms with E-state index < -0.39 is 0 Å². The van der Waals surface area contributed by atoms with Gasteiger partial charge in [0.2, 0.25) is 0 Å². The van der Waals surface area contributed by atoms with Crippen LogP contribution in [0.25, 0.3) is 0 Å². The summed E-state index contributed by atoms with van der Waals surface area (Å²) in [6.45, 7) is 4.33. The van der Waals surface area contributed by atoms with Crippen molar-refractivity contribution >= 4 is 17.3 Å². The molecule has 1 aromatic carbocycles. The molecule has 0 amide bonds. The number of anilines is 1. The molecule has 0 aliphatic carbocycles. The number of benzene rings is 1. The zero-order chi connectivity index (χ0) is 11.8. The third-order valence-corrected chi connectivity index (χ3v) is 2.40. The lowest BCUT2D eigenvalue weighted by molar-refractivity contribution is 0.147. The lowest BCUT2D eigenvalue weighted by atomic mass is 10.2. The highest BCUT2D eigenvalue weighted by molar-refractivity contribution is 6.32. The first kappa shape index (κ1) is 12.8. The summed E-state index contributed by atoms with van der Waals surface area (Å²) in [6.07, 6.45) is 0.950. The van der Waals surface area contributed by atoms with Gasteiger partial charge >= 0.3 is 0 Å². The molecule has 1 rings (SSSR count). The van der Waals surface area contributed by atoms with E-state index in [0.717, 1.165) is 31.9 Å². The summed E-state index contributed by atoms with van der Waals surface area (Å²) in [7, 11) is 0. The van der Waals surface area contributed by atoms with Gasteiger partial charge in [0, 0.05) is 25.4 Å². The number of nitrogens with one attached hydrogen (secondary N) is 1. The molecular weight excluding hydrogens is 224 g/mol. The summed E-state index contributed by atoms with van der Waals surface area (Å²) < 4.78 is 5.22. The molecular formula is C12H15ClN2O. The standard InChI is InChI=1S/C12H15ClN2O/c1-2-16-7-3-6-15-11-5-4-10(9-14)12(13)8-11/h4-5,8,15H,2-3,6-7H2,1H3. The molecule has 0 saturated heterocycles. The van der Waals surface area contributed by atoms with Crippen LogP contribution >= 0.6 is 11.6 Å². The Kier molecular flexibility index (Phi) is 5.69. The third-order valence-electron chi connectivity index (χ3n) is 2.09. The van der Waals surface area contributed by atoms with Crippen LogP contribution in [0.2, 0.25) is 5.02 Å². The van der Waals surface area contributed by atoms with Crippen LogP contribution in [0.3, 0.4) is 0 Å². The lowest BCUT2D eigenvalue weighted by Crippen LogP contribution is -2.05. The van der Waals surface area contributed by atoms with Crippen LogP contribution in [0.1, 0.15) is 18.9 Å². The van der Waals surface area contributed by atoms with Crippen LogP contribution in [0.15, 0.2) is 18.2 Å². The second-order valence-electron chi connectivity index (χ2n) is 3.28. The molecule has 0 heterocycles. The van der Waals surface area contributed by atoms with Crippen molar-refractivity contribution in [3.8, 4) is 6.07 Å². The second-order valence-corrected chi connectivity index (χ2v) is 3.69. The van der Waals surface area contributed by atoms with Gasteiger partial charge in [-0.3, -0.25) is 0 Å². The Morgan fingerprint density at radius 3 is 2.94 bits per heavy atom. The van der Waals surface area contributed by atoms with Gasteiger partial charge in [-0.05, 0) is 31.5 Å². The van der Waals surface area contributed by atoms with Gasteiger partial charge in [-0.2, -0.15) is 5.26 Å². The van der Waals surface area contributed by atoms with E-state index in [1.165, 1.54) is 0 Å². The molecule has 0 fully saturated rings. The van der Waals surface area contributed by atoms with Crippen LogP contribution in [-0.4, -0.2) is 19.8 Å². The fraction of sp³-hybridized carbons (Fsp3) is 0.417. The van der Waals surface area contributed by atoms with Crippen molar-refractivity contribution in [1.29, 1.82) is 5.26 Å². The maximum absolute atomic E-state index is 8.71. The van der Waals surface area contributed by atoms with E-state index >= 15 is 0 Å². The largest absolute Gasteiger partial charge is 0.385 e. The van der Waals surface area contributed by atoms with Crippen molar-refractivity contribution in [2.45, 2.75) is 13.3 Å². The Balaban J connectivity index is 2.38. The van der Waals surface area contributed by atoms with Crippen LogP contribution in [0.5, 0.6) is 0 Å². The van der Waals surface area contributed by atoms with E-state index in [4.69, 9.17) is 21.6 Å². The van der Waals surface area contributed by atoms with E-state index in [0.29, 0.717) is 10.6 Å². The van der Waals surface area contributed by atoms with Crippen molar-refractivity contribution in [3.05, 3.63) is 28.8 Å². The number of hydrogen-bond acceptors (Lipinski definition) is 3. The van der Waals surface area contributed by atoms with E-state index in [-0.39, 0.29) is 0 Å². The molecule has 16 heavy (non-hydrogen) atoms. The average Bonchev–Trinajstić information content (AvgIpc) is 2.29. The molecule has 0 unspecified atom stereocenters. The summed E-state index contributed by atoms with van der Waals surface area (Å²) in [5.41, 5.74) is 1.43. The first-order valence-corrected chi connectivity index (χ1v) is 5.67. The molecule has 0 aromatic heterocycles. The van der Waals surface area contributed by atoms with Crippen molar-refractivity contribution in [3.63, 3.8) is 0 Å². The number of hydrogen-bond donors (Lipinski definition) is 1. The maximum Gasteiger partial charge on any atom is 0.101 e. The predicted octanol–water partition coefficient (Wildman–Crippen LogP) is 3.05. The number of halogens is 1. The molecule has 0 aliphatic rings. The molecule has 3 nitrogen and oxygen atoms in total. The Hall–Kier alpha value is -1.24. The van der Waals surface area contributed by atoms with E-state index in [1.807, 2.05) is 19.1 Å². The first-order valence-electron chi connectivity index (χ1n) is 5.29. The zero-order valence-electron chi connectivity index (χ0n) is 9.29. The van der Waals surface area contributed by atoms with Gasteiger partial charge < -0.3 is 10.1 Å². The highest BCUT2D eigenvalue weighted by Gasteiger charge is 2.00. The fourth-order valence-electron chi connectivity index (χ4n) is 1.27. The van der Waals surface area contributed by atoms with Gasteiger partial charge in [-0.25, -0.2) is 0 Å². The van der Waals surface area contributed by atoms with Crippen molar-refractivity contribution in [1.82, 2.24) is 0 Å². The molecule has 86 valence electrons. The number of nitrogens with zero attached hydrogens (tertiary/aromatic N) is 1. The van der Waals surface area contributed by atoms with Gasteiger partial charge in [0.15, 0.2) is 0 Å². The predicted molar refractivity (Wildman–Crippen MR) is 65.8 cm³/mol. The van der Waals surface area contributed by atoms with Gasteiger partial charge in [0.1, 0.15) is 6.07 Å². The molecule has 0 bridgehead atoms. The molecule has 0 aliphatic heterocycles. The van der Waals surface area contributed by atoms with Crippen LogP contribution < -0.4 is 5.32 Å². The van der Waals surface area contributed by atoms with Crippen molar-refractivity contribution in [2.24, 2.45) is 0 Å². The SMILES string of the molecule is CCOCCCNc1ccc(C#N)c(Cl)c1. The van der Waals surface area contributed by atoms with Crippen LogP contribution in [0, 0.1) is 11.3 Å². The number of nitriles is 1. The Labute approximate surface area is 101 Å². The minimum Gasteiger partial charge on any atom is -0.385 e. The van der Waals surface area contributed by atoms with Crippen LogP contribution in [-0.2, 0) is 4.74 Å². The summed E-state index contributed by atoms with van der Waals surface area (Å²) >= 11 is 5.90. The average molecular weight is 239 g/mol. The topological polar surface area (TPSA) is 45.0 Å². The minimum atomic E-state index is 0.484. The van der Waals surface area contributed by atoms with E-state index in [1.54, 1.807) is 12.1 Å². The summed E-state index contributed by atoms with van der Waals surface area (Å²) in [5, 5.41) is 12.4. The maximum atomic E-state index is 8.71. The Morgan fingerprint density at radius 1 is 1.50 bits per heavy atom.